The maximum atomic E-state index is 14.2. The first-order valence-electron chi connectivity index (χ1n) is 5.69. The number of aromatic amines is 1. The first-order valence-corrected chi connectivity index (χ1v) is 7.22. The molecule has 118 valence electrons. The lowest BCUT2D eigenvalue weighted by atomic mass is 10.1. The molecule has 1 aliphatic heterocycles. The highest BCUT2D eigenvalue weighted by atomic mass is 31.2. The van der Waals surface area contributed by atoms with Crippen LogP contribution in [0.5, 0.6) is 0 Å². The highest BCUT2D eigenvalue weighted by molar-refractivity contribution is 7.46. The summed E-state index contributed by atoms with van der Waals surface area (Å²) in [5, 5.41) is 9.06. The van der Waals surface area contributed by atoms with E-state index in [-0.39, 0.29) is 0 Å². The molecule has 0 radical (unpaired) electrons. The summed E-state index contributed by atoms with van der Waals surface area (Å²) in [6.45, 7) is -0.778. The molecule has 1 aromatic rings. The van der Waals surface area contributed by atoms with E-state index in [2.05, 4.69) is 4.52 Å². The van der Waals surface area contributed by atoms with Crippen LogP contribution in [0.15, 0.2) is 21.9 Å². The zero-order chi connectivity index (χ0) is 15.8. The van der Waals surface area contributed by atoms with E-state index in [0.717, 1.165) is 12.3 Å². The summed E-state index contributed by atoms with van der Waals surface area (Å²) < 4.78 is 35.0. The van der Waals surface area contributed by atoms with Crippen molar-refractivity contribution in [1.29, 1.82) is 0 Å². The van der Waals surface area contributed by atoms with Crippen LogP contribution < -0.4 is 11.2 Å². The first kappa shape index (κ1) is 16.0. The number of aliphatic hydroxyl groups excluding tert-OH is 1. The molecule has 1 aromatic heterocycles. The summed E-state index contributed by atoms with van der Waals surface area (Å²) in [6, 6.07) is 0.947. The minimum Gasteiger partial charge on any atom is -0.394 e. The Bertz CT molecular complexity index is 668. The number of phosphoric acid groups is 1. The monoisotopic (exact) mass is 326 g/mol. The van der Waals surface area contributed by atoms with Gasteiger partial charge in [0.2, 0.25) is 0 Å². The fourth-order valence-electron chi connectivity index (χ4n) is 1.98. The molecular weight excluding hydrogens is 314 g/mol. The second-order valence-corrected chi connectivity index (χ2v) is 5.46. The lowest BCUT2D eigenvalue weighted by molar-refractivity contribution is -0.0487. The predicted octanol–water partition coefficient (Wildman–Crippen LogP) is -1.76. The number of nitrogens with zero attached hydrogens (tertiary/aromatic N) is 1. The van der Waals surface area contributed by atoms with Gasteiger partial charge in [-0.15, -0.1) is 0 Å². The lowest BCUT2D eigenvalue weighted by Crippen LogP contribution is -2.36. The number of phosphoric ester groups is 1. The summed E-state index contributed by atoms with van der Waals surface area (Å²) in [5.74, 6) is 0. The Kier molecular flexibility index (Phi) is 4.42. The van der Waals surface area contributed by atoms with Gasteiger partial charge in [-0.25, -0.2) is 13.8 Å². The molecule has 0 bridgehead atoms. The molecule has 10 nitrogen and oxygen atoms in total. The summed E-state index contributed by atoms with van der Waals surface area (Å²) in [5.41, 5.74) is -1.67. The van der Waals surface area contributed by atoms with E-state index < -0.39 is 50.3 Å². The van der Waals surface area contributed by atoms with Crippen molar-refractivity contribution < 1.29 is 33.1 Å². The van der Waals surface area contributed by atoms with Gasteiger partial charge in [0.05, 0.1) is 6.61 Å². The van der Waals surface area contributed by atoms with Crippen LogP contribution in [-0.4, -0.2) is 49.4 Å². The maximum absolute atomic E-state index is 14.2. The molecule has 2 rings (SSSR count). The number of ether oxygens (including phenoxy) is 1. The van der Waals surface area contributed by atoms with Gasteiger partial charge in [-0.05, 0) is 0 Å². The second-order valence-electron chi connectivity index (χ2n) is 4.27. The van der Waals surface area contributed by atoms with Crippen LogP contribution in [0.3, 0.4) is 0 Å². The number of nitrogens with one attached hydrogen (secondary N) is 1. The smallest absolute Gasteiger partial charge is 0.394 e. The van der Waals surface area contributed by atoms with E-state index in [9.17, 15) is 18.5 Å². The number of aromatic nitrogens is 2. The van der Waals surface area contributed by atoms with Crippen molar-refractivity contribution in [2.75, 3.05) is 6.61 Å². The number of hydrogen-bond acceptors (Lipinski definition) is 6. The van der Waals surface area contributed by atoms with Crippen molar-refractivity contribution in [3.05, 3.63) is 33.1 Å². The highest BCUT2D eigenvalue weighted by Gasteiger charge is 2.49. The Morgan fingerprint density at radius 3 is 2.67 bits per heavy atom. The fraction of sp³-hybridized carbons (Fsp3) is 0.556. The summed E-state index contributed by atoms with van der Waals surface area (Å²) in [6.07, 6.45) is -5.91. The van der Waals surface area contributed by atoms with E-state index in [4.69, 9.17) is 19.6 Å². The van der Waals surface area contributed by atoms with E-state index in [1.54, 1.807) is 0 Å². The Hall–Kier alpha value is -1.36. The maximum Gasteiger partial charge on any atom is 0.470 e. The standard InChI is InChI=1S/C9H12FN2O8P/c10-6-7(20-21(16,17)18)4(3-13)19-8(6)12-2-1-5(14)11-9(12)15/h1-2,4,6-8,13H,3H2,(H,11,14,15)(H2,16,17,18)/t4-,6?,7-,8-/m1/s1. The van der Waals surface area contributed by atoms with E-state index in [0.29, 0.717) is 4.57 Å². The van der Waals surface area contributed by atoms with Gasteiger partial charge in [-0.1, -0.05) is 0 Å². The molecule has 2 heterocycles. The van der Waals surface area contributed by atoms with Gasteiger partial charge in [0.25, 0.3) is 5.56 Å². The third-order valence-corrected chi connectivity index (χ3v) is 3.35. The van der Waals surface area contributed by atoms with Gasteiger partial charge in [0.1, 0.15) is 12.2 Å². The van der Waals surface area contributed by atoms with Crippen LogP contribution in [0.2, 0.25) is 0 Å². The molecule has 1 fully saturated rings. The summed E-state index contributed by atoms with van der Waals surface area (Å²) in [7, 11) is -5.02. The van der Waals surface area contributed by atoms with Crippen LogP contribution in [0.4, 0.5) is 4.39 Å². The molecular formula is C9H12FN2O8P. The summed E-state index contributed by atoms with van der Waals surface area (Å²) in [4.78, 5) is 41.8. The molecule has 12 heteroatoms. The van der Waals surface area contributed by atoms with Crippen molar-refractivity contribution in [1.82, 2.24) is 9.55 Å². The van der Waals surface area contributed by atoms with Crippen molar-refractivity contribution in [3.8, 4) is 0 Å². The van der Waals surface area contributed by atoms with Gasteiger partial charge in [0, 0.05) is 12.3 Å². The van der Waals surface area contributed by atoms with Crippen LogP contribution in [-0.2, 0) is 13.8 Å². The fourth-order valence-corrected chi connectivity index (χ4v) is 2.55. The minimum atomic E-state index is -5.02. The molecule has 1 aliphatic rings. The molecule has 0 saturated carbocycles. The normalized spacial score (nSPS) is 29.7. The number of hydrogen-bond donors (Lipinski definition) is 4. The number of halogens is 1. The zero-order valence-electron chi connectivity index (χ0n) is 10.3. The van der Waals surface area contributed by atoms with Crippen LogP contribution >= 0.6 is 7.82 Å². The summed E-state index contributed by atoms with van der Waals surface area (Å²) >= 11 is 0. The minimum absolute atomic E-state index is 0.692. The molecule has 1 saturated heterocycles. The van der Waals surface area contributed by atoms with Gasteiger partial charge < -0.3 is 19.6 Å². The molecule has 0 aliphatic carbocycles. The van der Waals surface area contributed by atoms with Gasteiger partial charge >= 0.3 is 13.5 Å². The van der Waals surface area contributed by atoms with Crippen molar-refractivity contribution in [3.63, 3.8) is 0 Å². The Labute approximate surface area is 116 Å². The third-order valence-electron chi connectivity index (χ3n) is 2.83. The first-order chi connectivity index (χ1) is 9.73. The van der Waals surface area contributed by atoms with Crippen molar-refractivity contribution >= 4 is 7.82 Å². The van der Waals surface area contributed by atoms with Gasteiger partial charge in [0.15, 0.2) is 12.4 Å². The van der Waals surface area contributed by atoms with Gasteiger partial charge in [-0.2, -0.15) is 0 Å². The van der Waals surface area contributed by atoms with Gasteiger partial charge in [-0.3, -0.25) is 18.9 Å². The molecule has 0 spiro atoms. The quantitative estimate of drug-likeness (QED) is 0.475. The van der Waals surface area contributed by atoms with Crippen LogP contribution in [0, 0.1) is 0 Å². The van der Waals surface area contributed by atoms with Crippen molar-refractivity contribution in [2.24, 2.45) is 0 Å². The molecule has 0 aromatic carbocycles. The Balaban J connectivity index is 2.33. The SMILES string of the molecule is O=c1ccn([C@@H]2O[C@H](CO)[C@@H](OP(=O)(O)O)C2F)c(=O)[nH]1. The Morgan fingerprint density at radius 1 is 1.48 bits per heavy atom. The largest absolute Gasteiger partial charge is 0.470 e. The number of rotatable bonds is 4. The van der Waals surface area contributed by atoms with E-state index >= 15 is 0 Å². The second kappa shape index (κ2) is 5.79. The van der Waals surface area contributed by atoms with Crippen LogP contribution in [0.25, 0.3) is 0 Å². The average Bonchev–Trinajstić information content (AvgIpc) is 2.65. The topological polar surface area (TPSA) is 151 Å². The van der Waals surface area contributed by atoms with Crippen LogP contribution in [0.1, 0.15) is 6.23 Å². The molecule has 21 heavy (non-hydrogen) atoms. The third kappa shape index (κ3) is 3.46. The number of aliphatic hydroxyl groups is 1. The number of alkyl halides is 1. The molecule has 1 unspecified atom stereocenters. The zero-order valence-corrected chi connectivity index (χ0v) is 11.2. The lowest BCUT2D eigenvalue weighted by Gasteiger charge is -2.18. The molecule has 4 N–H and O–H groups in total. The molecule has 4 atom stereocenters. The van der Waals surface area contributed by atoms with Crippen molar-refractivity contribution in [2.45, 2.75) is 24.6 Å². The average molecular weight is 326 g/mol. The Morgan fingerprint density at radius 2 is 2.14 bits per heavy atom. The molecule has 0 amide bonds. The van der Waals surface area contributed by atoms with E-state index in [1.165, 1.54) is 0 Å². The predicted molar refractivity (Wildman–Crippen MR) is 64.1 cm³/mol. The highest BCUT2D eigenvalue weighted by Crippen LogP contribution is 2.44. The number of H-pyrrole nitrogens is 1. The van der Waals surface area contributed by atoms with E-state index in [1.807, 2.05) is 4.98 Å².